The molecule has 2 aromatic heterocycles. The second-order valence-electron chi connectivity index (χ2n) is 2.15. The van der Waals surface area contributed by atoms with Crippen LogP contribution in [0.5, 0.6) is 0 Å². The van der Waals surface area contributed by atoms with Crippen LogP contribution in [0.2, 0.25) is 5.02 Å². The first-order chi connectivity index (χ1) is 5.81. The molecule has 12 heavy (non-hydrogen) atoms. The molecule has 2 heterocycles. The molecule has 2 rings (SSSR count). The molecule has 0 aliphatic carbocycles. The zero-order chi connectivity index (χ0) is 8.55. The third-order valence-electron chi connectivity index (χ3n) is 1.41. The summed E-state index contributed by atoms with van der Waals surface area (Å²) in [5, 5.41) is 0.629. The monoisotopic (exact) mass is 216 g/mol. The van der Waals surface area contributed by atoms with E-state index in [-0.39, 0.29) is 0 Å². The number of nitrogens with zero attached hydrogens (tertiary/aromatic N) is 2. The molecule has 2 aromatic rings. The van der Waals surface area contributed by atoms with Gasteiger partial charge in [-0.2, -0.15) is 0 Å². The van der Waals surface area contributed by atoms with E-state index in [1.54, 1.807) is 35.5 Å². The van der Waals surface area contributed by atoms with Crippen LogP contribution in [0.3, 0.4) is 0 Å². The number of pyridine rings is 1. The highest BCUT2D eigenvalue weighted by Gasteiger charge is 2.05. The van der Waals surface area contributed by atoms with Crippen molar-refractivity contribution in [3.8, 4) is 0 Å². The molecule has 0 aromatic carbocycles. The second kappa shape index (κ2) is 3.20. The van der Waals surface area contributed by atoms with Crippen LogP contribution in [-0.4, -0.2) is 16.2 Å². The molecule has 0 saturated heterocycles. The summed E-state index contributed by atoms with van der Waals surface area (Å²) >= 11 is 9.14. The summed E-state index contributed by atoms with van der Waals surface area (Å²) < 4.78 is 2.08. The maximum Gasteiger partial charge on any atom is 0.150 e. The molecular formula is C7H5ClN2S2. The molecule has 0 aliphatic rings. The van der Waals surface area contributed by atoms with Crippen molar-refractivity contribution < 1.29 is 0 Å². The van der Waals surface area contributed by atoms with Crippen LogP contribution in [0, 0.1) is 0 Å². The van der Waals surface area contributed by atoms with Gasteiger partial charge < -0.3 is 0 Å². The lowest BCUT2D eigenvalue weighted by molar-refractivity contribution is 1.29. The summed E-state index contributed by atoms with van der Waals surface area (Å²) in [7, 11) is 0. The van der Waals surface area contributed by atoms with Crippen molar-refractivity contribution >= 4 is 44.9 Å². The Balaban J connectivity index is 2.74. The maximum absolute atomic E-state index is 5.90. The Labute approximate surface area is 83.0 Å². The quantitative estimate of drug-likeness (QED) is 0.686. The van der Waals surface area contributed by atoms with Gasteiger partial charge in [-0.05, 0) is 6.26 Å². The van der Waals surface area contributed by atoms with Gasteiger partial charge in [-0.15, -0.1) is 11.3 Å². The minimum Gasteiger partial charge on any atom is -0.262 e. The van der Waals surface area contributed by atoms with Gasteiger partial charge in [0, 0.05) is 12.4 Å². The normalized spacial score (nSPS) is 10.8. The highest BCUT2D eigenvalue weighted by molar-refractivity contribution is 8.00. The Hall–Kier alpha value is -0.320. The third kappa shape index (κ3) is 1.30. The van der Waals surface area contributed by atoms with Crippen LogP contribution < -0.4 is 0 Å². The molecule has 0 spiro atoms. The summed E-state index contributed by atoms with van der Waals surface area (Å²) in [6.07, 6.45) is 5.41. The van der Waals surface area contributed by atoms with Crippen molar-refractivity contribution in [2.75, 3.05) is 6.26 Å². The summed E-state index contributed by atoms with van der Waals surface area (Å²) in [4.78, 5) is 8.33. The molecule has 0 fully saturated rings. The smallest absolute Gasteiger partial charge is 0.150 e. The van der Waals surface area contributed by atoms with Crippen LogP contribution >= 0.6 is 34.7 Å². The van der Waals surface area contributed by atoms with Crippen molar-refractivity contribution in [1.29, 1.82) is 0 Å². The van der Waals surface area contributed by atoms with Crippen LogP contribution in [0.25, 0.3) is 10.2 Å². The van der Waals surface area contributed by atoms with E-state index in [2.05, 4.69) is 9.97 Å². The van der Waals surface area contributed by atoms with E-state index >= 15 is 0 Å². The van der Waals surface area contributed by atoms with Gasteiger partial charge in [0.1, 0.15) is 5.52 Å². The van der Waals surface area contributed by atoms with Gasteiger partial charge in [0.15, 0.2) is 4.34 Å². The van der Waals surface area contributed by atoms with Gasteiger partial charge in [0.05, 0.1) is 9.72 Å². The first-order valence-corrected chi connectivity index (χ1v) is 5.67. The Morgan fingerprint density at radius 1 is 1.50 bits per heavy atom. The van der Waals surface area contributed by atoms with Crippen LogP contribution in [-0.2, 0) is 0 Å². The van der Waals surface area contributed by atoms with E-state index in [0.29, 0.717) is 5.02 Å². The van der Waals surface area contributed by atoms with Crippen molar-refractivity contribution in [2.45, 2.75) is 4.34 Å². The van der Waals surface area contributed by atoms with Crippen molar-refractivity contribution in [2.24, 2.45) is 0 Å². The molecule has 0 unspecified atom stereocenters. The van der Waals surface area contributed by atoms with Crippen molar-refractivity contribution in [3.05, 3.63) is 17.4 Å². The number of thiazole rings is 1. The summed E-state index contributed by atoms with van der Waals surface area (Å²) in [6.45, 7) is 0. The molecule has 0 atom stereocenters. The van der Waals surface area contributed by atoms with Gasteiger partial charge >= 0.3 is 0 Å². The van der Waals surface area contributed by atoms with Gasteiger partial charge in [-0.1, -0.05) is 23.4 Å². The Bertz CT molecular complexity index is 413. The number of aromatic nitrogens is 2. The average Bonchev–Trinajstić information content (AvgIpc) is 2.49. The lowest BCUT2D eigenvalue weighted by atomic mass is 10.4. The van der Waals surface area contributed by atoms with E-state index < -0.39 is 0 Å². The number of halogens is 1. The fourth-order valence-electron chi connectivity index (χ4n) is 0.889. The number of rotatable bonds is 1. The Morgan fingerprint density at radius 2 is 2.33 bits per heavy atom. The van der Waals surface area contributed by atoms with E-state index in [9.17, 15) is 0 Å². The summed E-state index contributed by atoms with van der Waals surface area (Å²) in [5.74, 6) is 0. The summed E-state index contributed by atoms with van der Waals surface area (Å²) in [5.41, 5.74) is 0.862. The zero-order valence-electron chi connectivity index (χ0n) is 6.24. The topological polar surface area (TPSA) is 25.8 Å². The highest BCUT2D eigenvalue weighted by Crippen LogP contribution is 2.30. The average molecular weight is 217 g/mol. The standard InChI is InChI=1S/C7H5ClN2S2/c1-11-7-10-6-4(8)2-9-3-5(6)12-7/h2-3H,1H3. The van der Waals surface area contributed by atoms with Gasteiger partial charge in [0.25, 0.3) is 0 Å². The molecule has 62 valence electrons. The largest absolute Gasteiger partial charge is 0.262 e. The minimum absolute atomic E-state index is 0.629. The number of hydrogen-bond donors (Lipinski definition) is 0. The van der Waals surface area contributed by atoms with E-state index in [0.717, 1.165) is 14.6 Å². The lowest BCUT2D eigenvalue weighted by Crippen LogP contribution is -1.73. The minimum atomic E-state index is 0.629. The van der Waals surface area contributed by atoms with Crippen molar-refractivity contribution in [1.82, 2.24) is 9.97 Å². The van der Waals surface area contributed by atoms with Crippen LogP contribution in [0.1, 0.15) is 0 Å². The fraction of sp³-hybridized carbons (Fsp3) is 0.143. The predicted octanol–water partition coefficient (Wildman–Crippen LogP) is 3.07. The number of fused-ring (bicyclic) bond motifs is 1. The third-order valence-corrected chi connectivity index (χ3v) is 3.67. The highest BCUT2D eigenvalue weighted by atomic mass is 35.5. The fourth-order valence-corrected chi connectivity index (χ4v) is 2.62. The van der Waals surface area contributed by atoms with Gasteiger partial charge in [0.2, 0.25) is 0 Å². The first kappa shape index (κ1) is 8.29. The zero-order valence-corrected chi connectivity index (χ0v) is 8.63. The van der Waals surface area contributed by atoms with E-state index in [4.69, 9.17) is 11.6 Å². The molecule has 0 aliphatic heterocycles. The molecule has 5 heteroatoms. The lowest BCUT2D eigenvalue weighted by Gasteiger charge is -1.87. The van der Waals surface area contributed by atoms with Crippen molar-refractivity contribution in [3.63, 3.8) is 0 Å². The molecule has 0 bridgehead atoms. The predicted molar refractivity (Wildman–Crippen MR) is 54.2 cm³/mol. The van der Waals surface area contributed by atoms with Gasteiger partial charge in [-0.3, -0.25) is 4.98 Å². The maximum atomic E-state index is 5.90. The number of hydrogen-bond acceptors (Lipinski definition) is 4. The SMILES string of the molecule is CSc1nc2c(Cl)cncc2s1. The molecule has 0 amide bonds. The molecular weight excluding hydrogens is 212 g/mol. The Kier molecular flexibility index (Phi) is 2.21. The van der Waals surface area contributed by atoms with E-state index in [1.165, 1.54) is 0 Å². The number of thioether (sulfide) groups is 1. The molecule has 2 nitrogen and oxygen atoms in total. The molecule has 0 N–H and O–H groups in total. The van der Waals surface area contributed by atoms with E-state index in [1.807, 2.05) is 6.26 Å². The van der Waals surface area contributed by atoms with Gasteiger partial charge in [-0.25, -0.2) is 4.98 Å². The van der Waals surface area contributed by atoms with Crippen LogP contribution in [0.4, 0.5) is 0 Å². The first-order valence-electron chi connectivity index (χ1n) is 3.25. The second-order valence-corrected chi connectivity index (χ2v) is 4.64. The Morgan fingerprint density at radius 3 is 3.00 bits per heavy atom. The molecule has 0 radical (unpaired) electrons. The van der Waals surface area contributed by atoms with Crippen LogP contribution in [0.15, 0.2) is 16.7 Å². The molecule has 0 saturated carbocycles. The summed E-state index contributed by atoms with van der Waals surface area (Å²) in [6, 6.07) is 0.